The molecule has 0 N–H and O–H groups in total. The van der Waals surface area contributed by atoms with E-state index >= 15 is 0 Å². The van der Waals surface area contributed by atoms with E-state index in [0.717, 1.165) is 18.4 Å². The van der Waals surface area contributed by atoms with E-state index in [1.165, 1.54) is 0 Å². The maximum atomic E-state index is 13.0. The van der Waals surface area contributed by atoms with E-state index in [0.29, 0.717) is 30.8 Å². The first-order valence-electron chi connectivity index (χ1n) is 9.82. The van der Waals surface area contributed by atoms with Gasteiger partial charge in [-0.05, 0) is 36.6 Å². The molecule has 1 aromatic heterocycles. The van der Waals surface area contributed by atoms with Crippen LogP contribution in [-0.4, -0.2) is 39.6 Å². The van der Waals surface area contributed by atoms with Crippen molar-refractivity contribution in [2.75, 3.05) is 13.1 Å². The highest BCUT2D eigenvalue weighted by atomic mass is 16.5. The number of carbonyl (C=O) groups excluding carboxylic acids is 2. The second kappa shape index (κ2) is 8.73. The van der Waals surface area contributed by atoms with Gasteiger partial charge in [0.1, 0.15) is 0 Å². The van der Waals surface area contributed by atoms with Crippen molar-refractivity contribution >= 4 is 11.9 Å². The summed E-state index contributed by atoms with van der Waals surface area (Å²) < 4.78 is 7.51. The van der Waals surface area contributed by atoms with Crippen LogP contribution in [0.5, 0.6) is 0 Å². The minimum absolute atomic E-state index is 0.155. The van der Waals surface area contributed by atoms with Gasteiger partial charge in [-0.2, -0.15) is 5.10 Å². The third kappa shape index (κ3) is 4.54. The number of hydrogen-bond acceptors (Lipinski definition) is 4. The summed E-state index contributed by atoms with van der Waals surface area (Å²) in [5.41, 5.74) is 2.13. The van der Waals surface area contributed by atoms with Gasteiger partial charge in [-0.25, -0.2) is 4.79 Å². The molecule has 4 rings (SSSR count). The van der Waals surface area contributed by atoms with Crippen LogP contribution in [0.15, 0.2) is 73.1 Å². The Morgan fingerprint density at radius 1 is 0.966 bits per heavy atom. The van der Waals surface area contributed by atoms with Crippen molar-refractivity contribution in [2.45, 2.75) is 25.5 Å². The number of nitrogens with zero attached hydrogens (tertiary/aromatic N) is 3. The third-order valence-corrected chi connectivity index (χ3v) is 5.06. The predicted octanol–water partition coefficient (Wildman–Crippen LogP) is 3.45. The van der Waals surface area contributed by atoms with Gasteiger partial charge in [-0.1, -0.05) is 42.5 Å². The lowest BCUT2D eigenvalue weighted by Gasteiger charge is -2.23. The molecular weight excluding hydrogens is 366 g/mol. The average molecular weight is 389 g/mol. The highest BCUT2D eigenvalue weighted by Crippen LogP contribution is 2.24. The molecule has 0 spiro atoms. The molecular formula is C23H23N3O3. The Labute approximate surface area is 169 Å². The van der Waals surface area contributed by atoms with Crippen molar-refractivity contribution in [3.8, 4) is 0 Å². The smallest absolute Gasteiger partial charge is 0.339 e. The Kier molecular flexibility index (Phi) is 5.70. The molecule has 1 atom stereocenters. The van der Waals surface area contributed by atoms with Crippen molar-refractivity contribution in [3.05, 3.63) is 89.7 Å². The predicted molar refractivity (Wildman–Crippen MR) is 108 cm³/mol. The SMILES string of the molecule is O=C(O[C@@H](C(=O)N1CCCC1)c1ccccc1)c1ccc(Cn2cccn2)cc1. The monoisotopic (exact) mass is 389 g/mol. The number of ether oxygens (including phenoxy) is 1. The van der Waals surface area contributed by atoms with Crippen molar-refractivity contribution in [1.82, 2.24) is 14.7 Å². The van der Waals surface area contributed by atoms with E-state index in [9.17, 15) is 9.59 Å². The van der Waals surface area contributed by atoms with Gasteiger partial charge in [-0.15, -0.1) is 0 Å². The molecule has 1 aliphatic heterocycles. The summed E-state index contributed by atoms with van der Waals surface area (Å²) >= 11 is 0. The number of aromatic nitrogens is 2. The molecule has 3 aromatic rings. The normalized spacial score (nSPS) is 14.6. The van der Waals surface area contributed by atoms with Crippen molar-refractivity contribution in [3.63, 3.8) is 0 Å². The average Bonchev–Trinajstić information content (AvgIpc) is 3.47. The van der Waals surface area contributed by atoms with Gasteiger partial charge in [-0.3, -0.25) is 9.48 Å². The zero-order chi connectivity index (χ0) is 20.1. The second-order valence-corrected chi connectivity index (χ2v) is 7.13. The standard InChI is InChI=1S/C23H23N3O3/c27-22(25-14-4-5-15-25)21(19-7-2-1-3-8-19)29-23(28)20-11-9-18(10-12-20)17-26-16-6-13-24-26/h1-3,6-13,16,21H,4-5,14-15,17H2/t21-/m1/s1. The third-order valence-electron chi connectivity index (χ3n) is 5.06. The molecule has 6 heteroatoms. The Hall–Kier alpha value is -3.41. The van der Waals surface area contributed by atoms with Crippen LogP contribution >= 0.6 is 0 Å². The maximum absolute atomic E-state index is 13.0. The molecule has 29 heavy (non-hydrogen) atoms. The first-order chi connectivity index (χ1) is 14.2. The van der Waals surface area contributed by atoms with E-state index in [-0.39, 0.29) is 5.91 Å². The fraction of sp³-hybridized carbons (Fsp3) is 0.261. The van der Waals surface area contributed by atoms with Crippen LogP contribution in [0.1, 0.15) is 40.4 Å². The van der Waals surface area contributed by atoms with Crippen molar-refractivity contribution in [2.24, 2.45) is 0 Å². The zero-order valence-corrected chi connectivity index (χ0v) is 16.1. The number of amides is 1. The molecule has 2 heterocycles. The van der Waals surface area contributed by atoms with Gasteiger partial charge in [0.05, 0.1) is 12.1 Å². The Bertz CT molecular complexity index is 947. The largest absolute Gasteiger partial charge is 0.444 e. The van der Waals surface area contributed by atoms with E-state index < -0.39 is 12.1 Å². The van der Waals surface area contributed by atoms with Gasteiger partial charge in [0.15, 0.2) is 0 Å². The van der Waals surface area contributed by atoms with Crippen LogP contribution in [0.4, 0.5) is 0 Å². The molecule has 0 aliphatic carbocycles. The number of likely N-dealkylation sites (tertiary alicyclic amines) is 1. The first-order valence-corrected chi connectivity index (χ1v) is 9.82. The fourth-order valence-corrected chi connectivity index (χ4v) is 3.49. The molecule has 148 valence electrons. The summed E-state index contributed by atoms with van der Waals surface area (Å²) in [7, 11) is 0. The number of benzene rings is 2. The number of esters is 1. The number of rotatable bonds is 6. The minimum Gasteiger partial charge on any atom is -0.444 e. The van der Waals surface area contributed by atoms with E-state index in [1.807, 2.05) is 59.4 Å². The van der Waals surface area contributed by atoms with Gasteiger partial charge in [0, 0.05) is 31.0 Å². The summed E-state index contributed by atoms with van der Waals surface area (Å²) in [6.07, 6.45) is 4.66. The molecule has 1 aliphatic rings. The summed E-state index contributed by atoms with van der Waals surface area (Å²) in [4.78, 5) is 27.5. The van der Waals surface area contributed by atoms with Crippen LogP contribution in [0.2, 0.25) is 0 Å². The number of hydrogen-bond donors (Lipinski definition) is 0. The first kappa shape index (κ1) is 18.9. The van der Waals surface area contributed by atoms with E-state index in [2.05, 4.69) is 5.10 Å². The molecule has 1 amide bonds. The molecule has 0 radical (unpaired) electrons. The number of carbonyl (C=O) groups is 2. The Morgan fingerprint density at radius 2 is 1.69 bits per heavy atom. The molecule has 1 fully saturated rings. The van der Waals surface area contributed by atoms with Crippen LogP contribution in [0.3, 0.4) is 0 Å². The molecule has 0 saturated carbocycles. The summed E-state index contributed by atoms with van der Waals surface area (Å²) in [5, 5.41) is 4.18. The highest BCUT2D eigenvalue weighted by molar-refractivity contribution is 5.92. The molecule has 0 bridgehead atoms. The van der Waals surface area contributed by atoms with Gasteiger partial charge < -0.3 is 9.64 Å². The van der Waals surface area contributed by atoms with Gasteiger partial charge >= 0.3 is 5.97 Å². The van der Waals surface area contributed by atoms with Crippen LogP contribution < -0.4 is 0 Å². The van der Waals surface area contributed by atoms with Crippen molar-refractivity contribution in [1.29, 1.82) is 0 Å². The second-order valence-electron chi connectivity index (χ2n) is 7.13. The van der Waals surface area contributed by atoms with Crippen LogP contribution in [0, 0.1) is 0 Å². The van der Waals surface area contributed by atoms with Gasteiger partial charge in [0.2, 0.25) is 6.10 Å². The maximum Gasteiger partial charge on any atom is 0.339 e. The lowest BCUT2D eigenvalue weighted by Crippen LogP contribution is -2.34. The van der Waals surface area contributed by atoms with Gasteiger partial charge in [0.25, 0.3) is 5.91 Å². The summed E-state index contributed by atoms with van der Waals surface area (Å²) in [6, 6.07) is 18.3. The lowest BCUT2D eigenvalue weighted by molar-refractivity contribution is -0.140. The molecule has 1 saturated heterocycles. The van der Waals surface area contributed by atoms with E-state index in [4.69, 9.17) is 4.74 Å². The Balaban J connectivity index is 1.49. The summed E-state index contributed by atoms with van der Waals surface area (Å²) in [5.74, 6) is -0.658. The molecule has 6 nitrogen and oxygen atoms in total. The van der Waals surface area contributed by atoms with Crippen LogP contribution in [-0.2, 0) is 16.1 Å². The fourth-order valence-electron chi connectivity index (χ4n) is 3.49. The minimum atomic E-state index is -0.925. The molecule has 0 unspecified atom stereocenters. The quantitative estimate of drug-likeness (QED) is 0.606. The highest BCUT2D eigenvalue weighted by Gasteiger charge is 2.31. The summed E-state index contributed by atoms with van der Waals surface area (Å²) in [6.45, 7) is 2.05. The Morgan fingerprint density at radius 3 is 2.34 bits per heavy atom. The van der Waals surface area contributed by atoms with E-state index in [1.54, 1.807) is 23.2 Å². The van der Waals surface area contributed by atoms with Crippen molar-refractivity contribution < 1.29 is 14.3 Å². The van der Waals surface area contributed by atoms with Crippen LogP contribution in [0.25, 0.3) is 0 Å². The zero-order valence-electron chi connectivity index (χ0n) is 16.1. The lowest BCUT2D eigenvalue weighted by atomic mass is 10.1. The topological polar surface area (TPSA) is 64.4 Å². The molecule has 2 aromatic carbocycles.